The molecule has 0 spiro atoms. The standard InChI is InChI=1S/C26H29N7O2/c1-4-24(35)33-9-7-32(8-10-33)23-14-19(5-6-27-23)21-13-20-11-18(15-28-26(20)29-21)12-22(34)25-16(2)17(3)30-31-25/h5-6,11,13-15H,4,7-10,12H2,1-3H3,(H,28,29)(H,30,31). The van der Waals surface area contributed by atoms with E-state index in [1.165, 1.54) is 0 Å². The Bertz CT molecular complexity index is 1400. The van der Waals surface area contributed by atoms with E-state index in [4.69, 9.17) is 0 Å². The average molecular weight is 472 g/mol. The highest BCUT2D eigenvalue weighted by Crippen LogP contribution is 2.27. The van der Waals surface area contributed by atoms with Gasteiger partial charge >= 0.3 is 0 Å². The largest absolute Gasteiger partial charge is 0.353 e. The Labute approximate surface area is 203 Å². The molecule has 0 saturated carbocycles. The number of carbonyl (C=O) groups excluding carboxylic acids is 2. The lowest BCUT2D eigenvalue weighted by atomic mass is 10.0. The highest BCUT2D eigenvalue weighted by Gasteiger charge is 2.21. The van der Waals surface area contributed by atoms with Gasteiger partial charge in [-0.25, -0.2) is 9.97 Å². The second-order valence-corrected chi connectivity index (χ2v) is 9.01. The van der Waals surface area contributed by atoms with Gasteiger partial charge in [0.25, 0.3) is 0 Å². The lowest BCUT2D eigenvalue weighted by molar-refractivity contribution is -0.131. The van der Waals surface area contributed by atoms with Crippen LogP contribution in [0.2, 0.25) is 0 Å². The van der Waals surface area contributed by atoms with Gasteiger partial charge in [0, 0.05) is 79.3 Å². The number of aromatic amines is 2. The molecule has 5 heterocycles. The molecule has 1 aliphatic heterocycles. The van der Waals surface area contributed by atoms with Gasteiger partial charge in [0.1, 0.15) is 17.2 Å². The lowest BCUT2D eigenvalue weighted by Gasteiger charge is -2.35. The zero-order valence-corrected chi connectivity index (χ0v) is 20.3. The van der Waals surface area contributed by atoms with Gasteiger partial charge in [0.2, 0.25) is 5.91 Å². The molecule has 4 aromatic rings. The normalized spacial score (nSPS) is 14.0. The molecule has 1 amide bonds. The summed E-state index contributed by atoms with van der Waals surface area (Å²) < 4.78 is 0. The maximum Gasteiger partial charge on any atom is 0.222 e. The molecule has 9 nitrogen and oxygen atoms in total. The van der Waals surface area contributed by atoms with Crippen molar-refractivity contribution in [2.24, 2.45) is 0 Å². The van der Waals surface area contributed by atoms with E-state index in [1.807, 2.05) is 44.0 Å². The fraction of sp³-hybridized carbons (Fsp3) is 0.346. The molecule has 2 N–H and O–H groups in total. The van der Waals surface area contributed by atoms with Crippen molar-refractivity contribution in [1.29, 1.82) is 0 Å². The van der Waals surface area contributed by atoms with Crippen LogP contribution in [0.3, 0.4) is 0 Å². The van der Waals surface area contributed by atoms with Gasteiger partial charge in [-0.05, 0) is 43.7 Å². The number of Topliss-reactive ketones (excluding diaryl/α,β-unsaturated/α-hetero) is 1. The summed E-state index contributed by atoms with van der Waals surface area (Å²) in [4.78, 5) is 41.3. The summed E-state index contributed by atoms with van der Waals surface area (Å²) in [6.45, 7) is 8.68. The van der Waals surface area contributed by atoms with E-state index in [9.17, 15) is 9.59 Å². The van der Waals surface area contributed by atoms with Crippen molar-refractivity contribution in [1.82, 2.24) is 30.0 Å². The lowest BCUT2D eigenvalue weighted by Crippen LogP contribution is -2.48. The minimum Gasteiger partial charge on any atom is -0.353 e. The van der Waals surface area contributed by atoms with Crippen molar-refractivity contribution in [2.45, 2.75) is 33.6 Å². The smallest absolute Gasteiger partial charge is 0.222 e. The first-order valence-corrected chi connectivity index (χ1v) is 11.9. The van der Waals surface area contributed by atoms with Crippen LogP contribution in [0, 0.1) is 13.8 Å². The van der Waals surface area contributed by atoms with Crippen LogP contribution < -0.4 is 4.90 Å². The van der Waals surface area contributed by atoms with Crippen LogP contribution in [0.4, 0.5) is 5.82 Å². The first-order valence-electron chi connectivity index (χ1n) is 11.9. The Morgan fingerprint density at radius 3 is 2.57 bits per heavy atom. The fourth-order valence-corrected chi connectivity index (χ4v) is 4.51. The van der Waals surface area contributed by atoms with Gasteiger partial charge in [-0.1, -0.05) is 6.92 Å². The molecule has 1 aliphatic rings. The van der Waals surface area contributed by atoms with Crippen LogP contribution in [0.25, 0.3) is 22.3 Å². The fourth-order valence-electron chi connectivity index (χ4n) is 4.51. The molecular weight excluding hydrogens is 442 g/mol. The molecule has 35 heavy (non-hydrogen) atoms. The molecule has 5 rings (SSSR count). The summed E-state index contributed by atoms with van der Waals surface area (Å²) in [5.41, 5.74) is 5.86. The molecule has 0 aliphatic carbocycles. The maximum atomic E-state index is 12.7. The van der Waals surface area contributed by atoms with Gasteiger partial charge in [0.15, 0.2) is 5.78 Å². The third-order valence-electron chi connectivity index (χ3n) is 6.72. The summed E-state index contributed by atoms with van der Waals surface area (Å²) in [7, 11) is 0. The van der Waals surface area contributed by atoms with Gasteiger partial charge in [-0.3, -0.25) is 14.7 Å². The highest BCUT2D eigenvalue weighted by atomic mass is 16.2. The molecular formula is C26H29N7O2. The van der Waals surface area contributed by atoms with Crippen molar-refractivity contribution >= 4 is 28.5 Å². The summed E-state index contributed by atoms with van der Waals surface area (Å²) in [5, 5.41) is 7.98. The second-order valence-electron chi connectivity index (χ2n) is 9.01. The number of rotatable bonds is 6. The zero-order valence-electron chi connectivity index (χ0n) is 20.3. The predicted molar refractivity (Wildman–Crippen MR) is 135 cm³/mol. The van der Waals surface area contributed by atoms with Crippen LogP contribution in [0.15, 0.2) is 36.7 Å². The van der Waals surface area contributed by atoms with E-state index in [0.29, 0.717) is 25.2 Å². The molecule has 0 unspecified atom stereocenters. The van der Waals surface area contributed by atoms with Crippen molar-refractivity contribution < 1.29 is 9.59 Å². The molecule has 1 fully saturated rings. The molecule has 9 heteroatoms. The molecule has 180 valence electrons. The number of nitrogens with one attached hydrogen (secondary N) is 2. The zero-order chi connectivity index (χ0) is 24.5. The van der Waals surface area contributed by atoms with Crippen LogP contribution >= 0.6 is 0 Å². The molecule has 1 saturated heterocycles. The van der Waals surface area contributed by atoms with Crippen molar-refractivity contribution in [3.63, 3.8) is 0 Å². The summed E-state index contributed by atoms with van der Waals surface area (Å²) >= 11 is 0. The predicted octanol–water partition coefficient (Wildman–Crippen LogP) is 3.45. The van der Waals surface area contributed by atoms with Crippen LogP contribution in [-0.2, 0) is 11.2 Å². The Morgan fingerprint density at radius 1 is 1.06 bits per heavy atom. The molecule has 0 atom stereocenters. The number of nitrogens with zero attached hydrogens (tertiary/aromatic N) is 5. The Hall–Kier alpha value is -4.01. The summed E-state index contributed by atoms with van der Waals surface area (Å²) in [6.07, 6.45) is 4.34. The molecule has 0 bridgehead atoms. The number of hydrogen-bond donors (Lipinski definition) is 2. The van der Waals surface area contributed by atoms with Gasteiger partial charge in [0.05, 0.1) is 0 Å². The van der Waals surface area contributed by atoms with E-state index in [2.05, 4.69) is 42.2 Å². The molecule has 0 aromatic carbocycles. The number of carbonyl (C=O) groups is 2. The number of aromatic nitrogens is 5. The Balaban J connectivity index is 1.33. The molecule has 0 radical (unpaired) electrons. The van der Waals surface area contributed by atoms with Crippen molar-refractivity contribution in [3.8, 4) is 11.3 Å². The number of hydrogen-bond acceptors (Lipinski definition) is 6. The number of H-pyrrole nitrogens is 2. The van der Waals surface area contributed by atoms with E-state index < -0.39 is 0 Å². The van der Waals surface area contributed by atoms with Gasteiger partial charge < -0.3 is 14.8 Å². The average Bonchev–Trinajstić information content (AvgIpc) is 3.46. The SMILES string of the molecule is CCC(=O)N1CCN(c2cc(-c3cc4cc(CC(=O)c5n[nH]c(C)c5C)cnc4[nH]3)ccn2)CC1. The summed E-state index contributed by atoms with van der Waals surface area (Å²) in [6, 6.07) is 8.09. The summed E-state index contributed by atoms with van der Waals surface area (Å²) in [5.74, 6) is 1.07. The number of fused-ring (bicyclic) bond motifs is 1. The van der Waals surface area contributed by atoms with Crippen LogP contribution in [0.5, 0.6) is 0 Å². The Kier molecular flexibility index (Phi) is 6.07. The number of anilines is 1. The topological polar surface area (TPSA) is 111 Å². The Morgan fingerprint density at radius 2 is 1.86 bits per heavy atom. The van der Waals surface area contributed by atoms with Gasteiger partial charge in [-0.15, -0.1) is 0 Å². The van der Waals surface area contributed by atoms with E-state index in [1.54, 1.807) is 6.20 Å². The van der Waals surface area contributed by atoms with Crippen LogP contribution in [-0.4, -0.2) is 67.9 Å². The third kappa shape index (κ3) is 4.53. The number of ketones is 1. The number of aryl methyl sites for hydroxylation is 1. The first kappa shape index (κ1) is 22.8. The van der Waals surface area contributed by atoms with Gasteiger partial charge in [-0.2, -0.15) is 5.10 Å². The van der Waals surface area contributed by atoms with E-state index in [-0.39, 0.29) is 18.1 Å². The quantitative estimate of drug-likeness (QED) is 0.417. The third-order valence-corrected chi connectivity index (χ3v) is 6.72. The first-order chi connectivity index (χ1) is 16.9. The minimum atomic E-state index is -0.0248. The minimum absolute atomic E-state index is 0.0248. The van der Waals surface area contributed by atoms with E-state index >= 15 is 0 Å². The number of piperazine rings is 1. The monoisotopic (exact) mass is 471 g/mol. The highest BCUT2D eigenvalue weighted by molar-refractivity contribution is 5.97. The number of amides is 1. The van der Waals surface area contributed by atoms with Crippen molar-refractivity contribution in [3.05, 3.63) is 59.2 Å². The number of pyridine rings is 2. The van der Waals surface area contributed by atoms with Crippen LogP contribution in [0.1, 0.15) is 40.7 Å². The molecule has 4 aromatic heterocycles. The second kappa shape index (κ2) is 9.32. The van der Waals surface area contributed by atoms with E-state index in [0.717, 1.165) is 58.0 Å². The maximum absolute atomic E-state index is 12.7. The van der Waals surface area contributed by atoms with Crippen molar-refractivity contribution in [2.75, 3.05) is 31.1 Å².